The van der Waals surface area contributed by atoms with E-state index in [0.29, 0.717) is 6.54 Å². The highest BCUT2D eigenvalue weighted by Crippen LogP contribution is 2.29. The predicted octanol–water partition coefficient (Wildman–Crippen LogP) is 0.537. The van der Waals surface area contributed by atoms with Crippen molar-refractivity contribution < 1.29 is 4.92 Å². The fourth-order valence-electron chi connectivity index (χ4n) is 1.95. The lowest BCUT2D eigenvalue weighted by Gasteiger charge is -2.18. The van der Waals surface area contributed by atoms with Gasteiger partial charge in [-0.3, -0.25) is 10.1 Å². The van der Waals surface area contributed by atoms with Crippen LogP contribution >= 0.6 is 0 Å². The molecule has 0 aromatic heterocycles. The molecule has 2 unspecified atom stereocenters. The van der Waals surface area contributed by atoms with E-state index in [4.69, 9.17) is 5.73 Å². The molecule has 0 aromatic carbocycles. The van der Waals surface area contributed by atoms with Crippen LogP contribution in [0, 0.1) is 16.0 Å². The number of fused-ring (bicyclic) bond motifs is 1. The molecule has 1 aliphatic carbocycles. The molecular weight excluding hydrogens is 194 g/mol. The van der Waals surface area contributed by atoms with Crippen LogP contribution in [0.2, 0.25) is 0 Å². The first-order chi connectivity index (χ1) is 7.22. The number of nitrogens with one attached hydrogen (secondary N) is 1. The van der Waals surface area contributed by atoms with Crippen molar-refractivity contribution in [1.82, 2.24) is 5.32 Å². The number of hydrogen-bond donors (Lipinski definition) is 2. The van der Waals surface area contributed by atoms with Crippen molar-refractivity contribution in [3.63, 3.8) is 0 Å². The van der Waals surface area contributed by atoms with Gasteiger partial charge in [-0.25, -0.2) is 0 Å². The molecule has 80 valence electrons. The van der Waals surface area contributed by atoms with E-state index >= 15 is 0 Å². The molecule has 5 nitrogen and oxygen atoms in total. The number of hydrogen-bond acceptors (Lipinski definition) is 4. The Hall–Kier alpha value is -1.62. The molecule has 5 heteroatoms. The average molecular weight is 207 g/mol. The van der Waals surface area contributed by atoms with E-state index in [1.165, 1.54) is 6.20 Å². The Morgan fingerprint density at radius 1 is 1.60 bits per heavy atom. The molecule has 2 aliphatic rings. The second kappa shape index (κ2) is 3.86. The van der Waals surface area contributed by atoms with E-state index in [-0.39, 0.29) is 22.6 Å². The van der Waals surface area contributed by atoms with Crippen LogP contribution in [-0.4, -0.2) is 17.5 Å². The lowest BCUT2D eigenvalue weighted by molar-refractivity contribution is -0.431. The van der Waals surface area contributed by atoms with Gasteiger partial charge in [0.2, 0.25) is 0 Å². The molecule has 2 atom stereocenters. The second-order valence-corrected chi connectivity index (χ2v) is 3.68. The van der Waals surface area contributed by atoms with Gasteiger partial charge in [-0.1, -0.05) is 23.8 Å². The minimum Gasteiger partial charge on any atom is -0.378 e. The third-order valence-corrected chi connectivity index (χ3v) is 2.71. The summed E-state index contributed by atoms with van der Waals surface area (Å²) in [5, 5.41) is 13.7. The Kier molecular flexibility index (Phi) is 2.55. The number of allylic oxidation sites excluding steroid dienone is 1. The maximum Gasteiger partial charge on any atom is 0.270 e. The highest BCUT2D eigenvalue weighted by Gasteiger charge is 2.36. The number of nitrogens with zero attached hydrogens (tertiary/aromatic N) is 1. The van der Waals surface area contributed by atoms with Crippen LogP contribution < -0.4 is 11.1 Å². The molecule has 15 heavy (non-hydrogen) atoms. The third-order valence-electron chi connectivity index (χ3n) is 2.71. The highest BCUT2D eigenvalue weighted by molar-refractivity contribution is 5.34. The Morgan fingerprint density at radius 2 is 2.40 bits per heavy atom. The summed E-state index contributed by atoms with van der Waals surface area (Å²) in [7, 11) is 0. The van der Waals surface area contributed by atoms with Crippen LogP contribution in [0.4, 0.5) is 0 Å². The maximum absolute atomic E-state index is 10.7. The van der Waals surface area contributed by atoms with E-state index in [1.807, 2.05) is 18.2 Å². The van der Waals surface area contributed by atoms with Gasteiger partial charge in [-0.15, -0.1) is 0 Å². The van der Waals surface area contributed by atoms with Crippen molar-refractivity contribution >= 4 is 0 Å². The van der Waals surface area contributed by atoms with Gasteiger partial charge in [0.1, 0.15) is 0 Å². The third kappa shape index (κ3) is 1.78. The predicted molar refractivity (Wildman–Crippen MR) is 56.4 cm³/mol. The molecule has 0 saturated carbocycles. The largest absolute Gasteiger partial charge is 0.378 e. The van der Waals surface area contributed by atoms with Gasteiger partial charge in [0.25, 0.3) is 5.70 Å². The molecule has 1 aliphatic heterocycles. The molecule has 3 N–H and O–H groups in total. The van der Waals surface area contributed by atoms with Crippen molar-refractivity contribution in [3.8, 4) is 0 Å². The summed E-state index contributed by atoms with van der Waals surface area (Å²) in [5.74, 6) is -0.147. The smallest absolute Gasteiger partial charge is 0.270 e. The summed E-state index contributed by atoms with van der Waals surface area (Å²) in [5.41, 5.74) is 6.77. The molecule has 0 saturated heterocycles. The minimum atomic E-state index is -0.326. The van der Waals surface area contributed by atoms with Gasteiger partial charge in [-0.05, 0) is 13.0 Å². The first kappa shape index (κ1) is 9.92. The summed E-state index contributed by atoms with van der Waals surface area (Å²) < 4.78 is 0. The van der Waals surface area contributed by atoms with E-state index < -0.39 is 0 Å². The standard InChI is InChI=1S/C10H13N3O2/c11-4-3-7-1-2-9-8(5-7)10(6-12-9)13(14)15/h1-2,5-6,8-9,12H,3-4,11H2. The Morgan fingerprint density at radius 3 is 3.07 bits per heavy atom. The normalized spacial score (nSPS) is 27.8. The van der Waals surface area contributed by atoms with E-state index in [9.17, 15) is 10.1 Å². The molecule has 0 aromatic rings. The van der Waals surface area contributed by atoms with Gasteiger partial charge >= 0.3 is 0 Å². The van der Waals surface area contributed by atoms with Crippen molar-refractivity contribution in [2.75, 3.05) is 6.54 Å². The van der Waals surface area contributed by atoms with Gasteiger partial charge in [0, 0.05) is 0 Å². The van der Waals surface area contributed by atoms with Crippen LogP contribution in [0.1, 0.15) is 6.42 Å². The zero-order valence-electron chi connectivity index (χ0n) is 8.22. The molecule has 1 heterocycles. The van der Waals surface area contributed by atoms with Crippen molar-refractivity contribution in [1.29, 1.82) is 0 Å². The molecule has 0 spiro atoms. The van der Waals surface area contributed by atoms with Crippen LogP contribution in [0.5, 0.6) is 0 Å². The minimum absolute atomic E-state index is 0.0342. The monoisotopic (exact) mass is 207 g/mol. The molecule has 0 amide bonds. The lowest BCUT2D eigenvalue weighted by atomic mass is 9.90. The zero-order valence-corrected chi connectivity index (χ0v) is 8.22. The quantitative estimate of drug-likeness (QED) is 0.522. The zero-order chi connectivity index (χ0) is 10.8. The molecule has 0 radical (unpaired) electrons. The fraction of sp³-hybridized carbons (Fsp3) is 0.400. The number of nitrogens with two attached hydrogens (primary N) is 1. The summed E-state index contributed by atoms with van der Waals surface area (Å²) in [6, 6.07) is 0.0342. The number of rotatable bonds is 3. The van der Waals surface area contributed by atoms with E-state index in [1.54, 1.807) is 0 Å². The maximum atomic E-state index is 10.7. The first-order valence-corrected chi connectivity index (χ1v) is 4.92. The molecule has 0 fully saturated rings. The molecule has 2 rings (SSSR count). The van der Waals surface area contributed by atoms with Crippen molar-refractivity contribution in [3.05, 3.63) is 45.8 Å². The SMILES string of the molecule is NCCC1=CC2C([N+](=O)[O-])=CNC2C=C1. The van der Waals surface area contributed by atoms with E-state index in [0.717, 1.165) is 12.0 Å². The Balaban J connectivity index is 2.19. The van der Waals surface area contributed by atoms with E-state index in [2.05, 4.69) is 5.32 Å². The van der Waals surface area contributed by atoms with Crippen LogP contribution in [-0.2, 0) is 0 Å². The Bertz CT molecular complexity index is 371. The summed E-state index contributed by atoms with van der Waals surface area (Å²) in [6.45, 7) is 0.568. The highest BCUT2D eigenvalue weighted by atomic mass is 16.6. The van der Waals surface area contributed by atoms with Gasteiger partial charge in [0.15, 0.2) is 0 Å². The van der Waals surface area contributed by atoms with Crippen molar-refractivity contribution in [2.24, 2.45) is 11.7 Å². The summed E-state index contributed by atoms with van der Waals surface area (Å²) in [4.78, 5) is 10.4. The summed E-state index contributed by atoms with van der Waals surface area (Å²) in [6.07, 6.45) is 8.14. The van der Waals surface area contributed by atoms with Gasteiger partial charge in [0.05, 0.1) is 23.1 Å². The van der Waals surface area contributed by atoms with Gasteiger partial charge in [-0.2, -0.15) is 0 Å². The molecule has 0 bridgehead atoms. The van der Waals surface area contributed by atoms with Crippen LogP contribution in [0.25, 0.3) is 0 Å². The topological polar surface area (TPSA) is 81.2 Å². The average Bonchev–Trinajstić information content (AvgIpc) is 2.61. The molecular formula is C10H13N3O2. The van der Waals surface area contributed by atoms with Crippen molar-refractivity contribution in [2.45, 2.75) is 12.5 Å². The fourth-order valence-corrected chi connectivity index (χ4v) is 1.95. The second-order valence-electron chi connectivity index (χ2n) is 3.68. The first-order valence-electron chi connectivity index (χ1n) is 4.92. The van der Waals surface area contributed by atoms with Crippen LogP contribution in [0.3, 0.4) is 0 Å². The van der Waals surface area contributed by atoms with Gasteiger partial charge < -0.3 is 11.1 Å². The Labute approximate surface area is 87.5 Å². The lowest BCUT2D eigenvalue weighted by Crippen LogP contribution is -2.27. The summed E-state index contributed by atoms with van der Waals surface area (Å²) >= 11 is 0. The van der Waals surface area contributed by atoms with Crippen LogP contribution in [0.15, 0.2) is 35.7 Å². The number of nitro groups is 1.